The van der Waals surface area contributed by atoms with E-state index in [1.807, 2.05) is 36.4 Å². The van der Waals surface area contributed by atoms with Gasteiger partial charge in [-0.15, -0.1) is 6.58 Å². The van der Waals surface area contributed by atoms with Crippen LogP contribution in [-0.4, -0.2) is 39.6 Å². The normalized spacial score (nSPS) is 36.2. The average Bonchev–Trinajstić information content (AvgIpc) is 3.20. The lowest BCUT2D eigenvalue weighted by Crippen LogP contribution is -2.44. The van der Waals surface area contributed by atoms with Crippen LogP contribution < -0.4 is 0 Å². The second-order valence-electron chi connectivity index (χ2n) is 6.63. The summed E-state index contributed by atoms with van der Waals surface area (Å²) in [5.74, 6) is -2.57. The molecule has 5 heteroatoms. The first-order valence-corrected chi connectivity index (χ1v) is 8.14. The highest BCUT2D eigenvalue weighted by atomic mass is 16.5. The van der Waals surface area contributed by atoms with E-state index < -0.39 is 29.5 Å². The Bertz CT molecular complexity index is 728. The van der Waals surface area contributed by atoms with Crippen LogP contribution in [0.15, 0.2) is 55.1 Å². The van der Waals surface area contributed by atoms with Gasteiger partial charge in [0.05, 0.1) is 18.1 Å². The fraction of sp³-hybridized carbons (Fsp3) is 0.368. The number of rotatable bonds is 5. The van der Waals surface area contributed by atoms with Crippen molar-refractivity contribution < 1.29 is 19.4 Å². The van der Waals surface area contributed by atoms with Crippen LogP contribution in [0.5, 0.6) is 0 Å². The number of benzene rings is 1. The number of fused-ring (bicyclic) bond motifs is 1. The molecule has 1 spiro atoms. The molecule has 0 aromatic heterocycles. The molecule has 124 valence electrons. The van der Waals surface area contributed by atoms with Crippen molar-refractivity contribution in [3.63, 3.8) is 0 Å². The maximum Gasteiger partial charge on any atom is 0.310 e. The Hall–Kier alpha value is -2.40. The van der Waals surface area contributed by atoms with E-state index in [-0.39, 0.29) is 11.9 Å². The monoisotopic (exact) mass is 325 g/mol. The molecular formula is C19H19NO4. The van der Waals surface area contributed by atoms with Crippen LogP contribution in [0.4, 0.5) is 0 Å². The zero-order chi connectivity index (χ0) is 16.9. The number of carbonyl (C=O) groups excluding carboxylic acids is 1. The average molecular weight is 325 g/mol. The Morgan fingerprint density at radius 1 is 1.38 bits per heavy atom. The minimum atomic E-state index is -0.969. The van der Waals surface area contributed by atoms with Crippen molar-refractivity contribution in [2.75, 3.05) is 0 Å². The Morgan fingerprint density at radius 2 is 2.12 bits per heavy atom. The number of carboxylic acid groups (broad SMARTS) is 1. The lowest BCUT2D eigenvalue weighted by Gasteiger charge is -2.32. The van der Waals surface area contributed by atoms with Gasteiger partial charge in [-0.05, 0) is 12.0 Å². The van der Waals surface area contributed by atoms with Crippen molar-refractivity contribution in [3.05, 3.63) is 60.7 Å². The number of hydrogen-bond donors (Lipinski definition) is 1. The topological polar surface area (TPSA) is 66.8 Å². The summed E-state index contributed by atoms with van der Waals surface area (Å²) in [5.41, 5.74) is 0.176. The molecule has 5 atom stereocenters. The molecule has 1 aromatic carbocycles. The fourth-order valence-corrected chi connectivity index (χ4v) is 4.44. The third-order valence-corrected chi connectivity index (χ3v) is 5.40. The molecule has 4 rings (SSSR count). The summed E-state index contributed by atoms with van der Waals surface area (Å²) >= 11 is 0. The maximum atomic E-state index is 13.1. The molecule has 2 fully saturated rings. The van der Waals surface area contributed by atoms with E-state index in [0.717, 1.165) is 5.56 Å². The predicted octanol–water partition coefficient (Wildman–Crippen LogP) is 2.00. The molecule has 1 aromatic rings. The van der Waals surface area contributed by atoms with Crippen molar-refractivity contribution in [3.8, 4) is 0 Å². The van der Waals surface area contributed by atoms with E-state index in [9.17, 15) is 14.7 Å². The summed E-state index contributed by atoms with van der Waals surface area (Å²) in [7, 11) is 0. The van der Waals surface area contributed by atoms with Crippen molar-refractivity contribution in [1.29, 1.82) is 0 Å². The summed E-state index contributed by atoms with van der Waals surface area (Å²) in [5, 5.41) is 9.58. The number of hydrogen-bond acceptors (Lipinski definition) is 3. The van der Waals surface area contributed by atoms with Crippen molar-refractivity contribution >= 4 is 11.9 Å². The standard InChI is InChI=1S/C19H19NO4/c1-2-6-14-19-10-9-13(24-19)15(18(22)23)16(19)17(21)20(14)11-12-7-4-3-5-8-12/h2-5,7-10,13-16H,1,6,11H2,(H,22,23)/t13-,14-,15-,16-,19-/m1/s1. The molecule has 2 bridgehead atoms. The van der Waals surface area contributed by atoms with Gasteiger partial charge in [-0.1, -0.05) is 48.6 Å². The summed E-state index contributed by atoms with van der Waals surface area (Å²) in [4.78, 5) is 26.6. The minimum absolute atomic E-state index is 0.134. The SMILES string of the molecule is C=CC[C@H]1N(Cc2ccccc2)C(=O)[C@H]2[C@H](C(=O)O)[C@H]3C=C[C@]21O3. The molecule has 3 aliphatic rings. The van der Waals surface area contributed by atoms with Crippen LogP contribution in [-0.2, 0) is 20.9 Å². The van der Waals surface area contributed by atoms with Crippen LogP contribution in [0.1, 0.15) is 12.0 Å². The first-order chi connectivity index (χ1) is 11.6. The van der Waals surface area contributed by atoms with Crippen molar-refractivity contribution in [2.24, 2.45) is 11.8 Å². The number of likely N-dealkylation sites (tertiary alicyclic amines) is 1. The van der Waals surface area contributed by atoms with Gasteiger partial charge in [-0.25, -0.2) is 0 Å². The predicted molar refractivity (Wildman–Crippen MR) is 87.0 cm³/mol. The maximum absolute atomic E-state index is 13.1. The number of aliphatic carboxylic acids is 1. The summed E-state index contributed by atoms with van der Waals surface area (Å²) in [6.45, 7) is 4.25. The Balaban J connectivity index is 1.73. The molecule has 0 unspecified atom stereocenters. The second-order valence-corrected chi connectivity index (χ2v) is 6.63. The summed E-state index contributed by atoms with van der Waals surface area (Å²) < 4.78 is 6.06. The van der Waals surface area contributed by atoms with Gasteiger partial charge in [0.25, 0.3) is 0 Å². The molecule has 1 amide bonds. The number of carbonyl (C=O) groups is 2. The molecule has 0 radical (unpaired) electrons. The third-order valence-electron chi connectivity index (χ3n) is 5.40. The lowest BCUT2D eigenvalue weighted by molar-refractivity contribution is -0.148. The molecule has 3 aliphatic heterocycles. The van der Waals surface area contributed by atoms with Crippen LogP contribution in [0, 0.1) is 11.8 Å². The van der Waals surface area contributed by atoms with Crippen molar-refractivity contribution in [1.82, 2.24) is 4.90 Å². The Labute approximate surface area is 140 Å². The van der Waals surface area contributed by atoms with Crippen LogP contribution >= 0.6 is 0 Å². The highest BCUT2D eigenvalue weighted by molar-refractivity contribution is 5.91. The largest absolute Gasteiger partial charge is 0.481 e. The Morgan fingerprint density at radius 3 is 2.79 bits per heavy atom. The van der Waals surface area contributed by atoms with E-state index >= 15 is 0 Å². The van der Waals surface area contributed by atoms with Gasteiger partial charge >= 0.3 is 5.97 Å². The Kier molecular flexibility index (Phi) is 3.35. The van der Waals surface area contributed by atoms with Crippen LogP contribution in [0.3, 0.4) is 0 Å². The van der Waals surface area contributed by atoms with E-state index in [2.05, 4.69) is 6.58 Å². The zero-order valence-electron chi connectivity index (χ0n) is 13.2. The van der Waals surface area contributed by atoms with Gasteiger partial charge in [-0.2, -0.15) is 0 Å². The molecule has 2 saturated heterocycles. The minimum Gasteiger partial charge on any atom is -0.481 e. The van der Waals surface area contributed by atoms with Gasteiger partial charge in [0.15, 0.2) is 0 Å². The molecule has 3 heterocycles. The number of carboxylic acids is 1. The van der Waals surface area contributed by atoms with Gasteiger partial charge in [-0.3, -0.25) is 9.59 Å². The number of ether oxygens (including phenoxy) is 1. The van der Waals surface area contributed by atoms with Crippen LogP contribution in [0.25, 0.3) is 0 Å². The first-order valence-electron chi connectivity index (χ1n) is 8.14. The van der Waals surface area contributed by atoms with Crippen LogP contribution in [0.2, 0.25) is 0 Å². The quantitative estimate of drug-likeness (QED) is 0.841. The van der Waals surface area contributed by atoms with E-state index in [1.165, 1.54) is 0 Å². The molecule has 5 nitrogen and oxygen atoms in total. The highest BCUT2D eigenvalue weighted by Gasteiger charge is 2.70. The first kappa shape index (κ1) is 15.1. The van der Waals surface area contributed by atoms with Gasteiger partial charge < -0.3 is 14.7 Å². The van der Waals surface area contributed by atoms with E-state index in [4.69, 9.17) is 4.74 Å². The van der Waals surface area contributed by atoms with Crippen molar-refractivity contribution in [2.45, 2.75) is 30.7 Å². The molecule has 1 N–H and O–H groups in total. The van der Waals surface area contributed by atoms with Gasteiger partial charge in [0, 0.05) is 6.54 Å². The molecule has 24 heavy (non-hydrogen) atoms. The fourth-order valence-electron chi connectivity index (χ4n) is 4.44. The third kappa shape index (κ3) is 1.91. The highest BCUT2D eigenvalue weighted by Crippen LogP contribution is 2.55. The van der Waals surface area contributed by atoms with E-state index in [1.54, 1.807) is 17.1 Å². The summed E-state index contributed by atoms with van der Waals surface area (Å²) in [6, 6.07) is 9.50. The second kappa shape index (κ2) is 5.31. The van der Waals surface area contributed by atoms with Gasteiger partial charge in [0.1, 0.15) is 11.5 Å². The van der Waals surface area contributed by atoms with E-state index in [0.29, 0.717) is 13.0 Å². The lowest BCUT2D eigenvalue weighted by atomic mass is 9.74. The molecule has 0 saturated carbocycles. The van der Waals surface area contributed by atoms with Gasteiger partial charge in [0.2, 0.25) is 5.91 Å². The number of amides is 1. The molecular weight excluding hydrogens is 306 g/mol. The molecule has 0 aliphatic carbocycles. The summed E-state index contributed by atoms with van der Waals surface area (Å²) in [6.07, 6.45) is 5.52. The number of nitrogens with zero attached hydrogens (tertiary/aromatic N) is 1. The zero-order valence-corrected chi connectivity index (χ0v) is 13.2. The smallest absolute Gasteiger partial charge is 0.310 e.